The second kappa shape index (κ2) is 7.84. The zero-order chi connectivity index (χ0) is 13.4. The molecular weight excluding hydrogens is 226 g/mol. The van der Waals surface area contributed by atoms with Crippen LogP contribution in [0.1, 0.15) is 17.5 Å². The Hall–Kier alpha value is -1.39. The molecule has 0 saturated heterocycles. The van der Waals surface area contributed by atoms with Gasteiger partial charge in [-0.1, -0.05) is 24.3 Å². The first-order chi connectivity index (χ1) is 8.61. The molecule has 4 heteroatoms. The molecule has 0 radical (unpaired) electrons. The lowest BCUT2D eigenvalue weighted by atomic mass is 10.1. The lowest BCUT2D eigenvalue weighted by Crippen LogP contribution is -2.26. The van der Waals surface area contributed by atoms with E-state index in [0.717, 1.165) is 12.1 Å². The highest BCUT2D eigenvalue weighted by molar-refractivity contribution is 5.76. The minimum Gasteiger partial charge on any atom is -0.352 e. The van der Waals surface area contributed by atoms with Crippen molar-refractivity contribution < 1.29 is 4.79 Å². The maximum absolute atomic E-state index is 11.5. The number of benzene rings is 1. The van der Waals surface area contributed by atoms with Gasteiger partial charge < -0.3 is 15.5 Å². The van der Waals surface area contributed by atoms with E-state index in [1.54, 1.807) is 0 Å². The van der Waals surface area contributed by atoms with Gasteiger partial charge in [-0.05, 0) is 32.3 Å². The lowest BCUT2D eigenvalue weighted by molar-refractivity contribution is -0.121. The first-order valence-electron chi connectivity index (χ1n) is 6.25. The fourth-order valence-electron chi connectivity index (χ4n) is 1.73. The topological polar surface area (TPSA) is 44.4 Å². The van der Waals surface area contributed by atoms with Crippen LogP contribution in [-0.4, -0.2) is 38.5 Å². The van der Waals surface area contributed by atoms with Gasteiger partial charge in [0, 0.05) is 26.1 Å². The highest BCUT2D eigenvalue weighted by atomic mass is 16.1. The van der Waals surface area contributed by atoms with Crippen molar-refractivity contribution >= 4 is 5.91 Å². The Labute approximate surface area is 109 Å². The molecule has 0 unspecified atom stereocenters. The molecule has 0 aliphatic heterocycles. The number of carbonyl (C=O) groups excluding carboxylic acids is 1. The third-order valence-electron chi connectivity index (χ3n) is 2.58. The fourth-order valence-corrected chi connectivity index (χ4v) is 1.73. The molecule has 1 amide bonds. The minimum absolute atomic E-state index is 0.0855. The van der Waals surface area contributed by atoms with E-state index in [9.17, 15) is 4.79 Å². The summed E-state index contributed by atoms with van der Waals surface area (Å²) < 4.78 is 0. The summed E-state index contributed by atoms with van der Waals surface area (Å²) >= 11 is 0. The first-order valence-corrected chi connectivity index (χ1v) is 6.25. The van der Waals surface area contributed by atoms with Crippen molar-refractivity contribution in [1.29, 1.82) is 0 Å². The first kappa shape index (κ1) is 14.7. The van der Waals surface area contributed by atoms with E-state index in [1.165, 1.54) is 5.56 Å². The molecule has 0 saturated carbocycles. The van der Waals surface area contributed by atoms with Gasteiger partial charge in [0.2, 0.25) is 5.91 Å². The summed E-state index contributed by atoms with van der Waals surface area (Å²) in [7, 11) is 5.94. The van der Waals surface area contributed by atoms with E-state index in [1.807, 2.05) is 33.3 Å². The number of hydrogen-bond acceptors (Lipinski definition) is 3. The second-order valence-electron chi connectivity index (χ2n) is 4.69. The Morgan fingerprint density at radius 3 is 2.67 bits per heavy atom. The number of hydrogen-bond donors (Lipinski definition) is 2. The molecule has 1 rings (SSSR count). The average Bonchev–Trinajstić information content (AvgIpc) is 2.33. The molecule has 1 aromatic carbocycles. The van der Waals surface area contributed by atoms with Gasteiger partial charge >= 0.3 is 0 Å². The predicted octanol–water partition coefficient (Wildman–Crippen LogP) is 0.974. The average molecular weight is 249 g/mol. The van der Waals surface area contributed by atoms with Crippen LogP contribution in [0.4, 0.5) is 0 Å². The van der Waals surface area contributed by atoms with Gasteiger partial charge in [-0.2, -0.15) is 0 Å². The van der Waals surface area contributed by atoms with Gasteiger partial charge in [0.15, 0.2) is 0 Å². The Bertz CT molecular complexity index is 377. The van der Waals surface area contributed by atoms with E-state index >= 15 is 0 Å². The van der Waals surface area contributed by atoms with Crippen molar-refractivity contribution in [3.63, 3.8) is 0 Å². The third-order valence-corrected chi connectivity index (χ3v) is 2.58. The number of nitrogens with zero attached hydrogens (tertiary/aromatic N) is 1. The van der Waals surface area contributed by atoms with Gasteiger partial charge in [-0.25, -0.2) is 0 Å². The summed E-state index contributed by atoms with van der Waals surface area (Å²) in [6.07, 6.45) is 0.522. The summed E-state index contributed by atoms with van der Waals surface area (Å²) in [4.78, 5) is 13.6. The van der Waals surface area contributed by atoms with Crippen LogP contribution in [0.15, 0.2) is 24.3 Å². The van der Waals surface area contributed by atoms with Gasteiger partial charge in [-0.15, -0.1) is 0 Å². The van der Waals surface area contributed by atoms with Gasteiger partial charge in [0.1, 0.15) is 0 Å². The Morgan fingerprint density at radius 1 is 1.28 bits per heavy atom. The van der Waals surface area contributed by atoms with E-state index in [4.69, 9.17) is 0 Å². The molecule has 100 valence electrons. The standard InChI is InChI=1S/C14H23N3O/c1-15-8-7-14(18)16-10-12-5-4-6-13(9-12)11-17(2)3/h4-6,9,15H,7-8,10-11H2,1-3H3,(H,16,18). The fraction of sp³-hybridized carbons (Fsp3) is 0.500. The summed E-state index contributed by atoms with van der Waals surface area (Å²) in [5, 5.41) is 5.88. The van der Waals surface area contributed by atoms with Crippen molar-refractivity contribution in [3.8, 4) is 0 Å². The Balaban J connectivity index is 2.44. The van der Waals surface area contributed by atoms with Crippen LogP contribution >= 0.6 is 0 Å². The smallest absolute Gasteiger partial charge is 0.221 e. The van der Waals surface area contributed by atoms with E-state index in [-0.39, 0.29) is 5.91 Å². The van der Waals surface area contributed by atoms with E-state index in [0.29, 0.717) is 19.5 Å². The predicted molar refractivity (Wildman–Crippen MR) is 74.2 cm³/mol. The summed E-state index contributed by atoms with van der Waals surface area (Å²) in [5.41, 5.74) is 2.41. The van der Waals surface area contributed by atoms with Crippen LogP contribution in [0.2, 0.25) is 0 Å². The van der Waals surface area contributed by atoms with Crippen molar-refractivity contribution in [2.45, 2.75) is 19.5 Å². The van der Waals surface area contributed by atoms with Crippen molar-refractivity contribution in [2.24, 2.45) is 0 Å². The summed E-state index contributed by atoms with van der Waals surface area (Å²) in [6.45, 7) is 2.23. The Morgan fingerprint density at radius 2 is 2.00 bits per heavy atom. The highest BCUT2D eigenvalue weighted by Crippen LogP contribution is 2.06. The molecule has 0 spiro atoms. The number of rotatable bonds is 7. The third kappa shape index (κ3) is 5.80. The summed E-state index contributed by atoms with van der Waals surface area (Å²) in [5.74, 6) is 0.0855. The molecular formula is C14H23N3O. The second-order valence-corrected chi connectivity index (χ2v) is 4.69. The molecule has 0 bridgehead atoms. The van der Waals surface area contributed by atoms with Gasteiger partial charge in [0.05, 0.1) is 0 Å². The lowest BCUT2D eigenvalue weighted by Gasteiger charge is -2.11. The molecule has 0 heterocycles. The largest absolute Gasteiger partial charge is 0.352 e. The monoisotopic (exact) mass is 249 g/mol. The maximum atomic E-state index is 11.5. The van der Waals surface area contributed by atoms with Crippen LogP contribution < -0.4 is 10.6 Å². The maximum Gasteiger partial charge on any atom is 0.221 e. The molecule has 0 atom stereocenters. The molecule has 1 aromatic rings. The van der Waals surface area contributed by atoms with Crippen LogP contribution in [0.25, 0.3) is 0 Å². The molecule has 0 aliphatic rings. The summed E-state index contributed by atoms with van der Waals surface area (Å²) in [6, 6.07) is 8.32. The SMILES string of the molecule is CNCCC(=O)NCc1cccc(CN(C)C)c1. The van der Waals surface area contributed by atoms with Crippen molar-refractivity contribution in [1.82, 2.24) is 15.5 Å². The number of nitrogens with one attached hydrogen (secondary N) is 2. The van der Waals surface area contributed by atoms with E-state index in [2.05, 4.69) is 27.7 Å². The minimum atomic E-state index is 0.0855. The van der Waals surface area contributed by atoms with Crippen LogP contribution in [0.3, 0.4) is 0 Å². The zero-order valence-electron chi connectivity index (χ0n) is 11.5. The normalized spacial score (nSPS) is 10.7. The molecule has 0 aromatic heterocycles. The van der Waals surface area contributed by atoms with Crippen LogP contribution in [0.5, 0.6) is 0 Å². The molecule has 0 aliphatic carbocycles. The van der Waals surface area contributed by atoms with Gasteiger partial charge in [-0.3, -0.25) is 4.79 Å². The van der Waals surface area contributed by atoms with Crippen LogP contribution in [-0.2, 0) is 17.9 Å². The van der Waals surface area contributed by atoms with E-state index < -0.39 is 0 Å². The molecule has 0 fully saturated rings. The number of amides is 1. The molecule has 18 heavy (non-hydrogen) atoms. The number of carbonyl (C=O) groups is 1. The molecule has 2 N–H and O–H groups in total. The quantitative estimate of drug-likeness (QED) is 0.757. The highest BCUT2D eigenvalue weighted by Gasteiger charge is 2.01. The van der Waals surface area contributed by atoms with Crippen molar-refractivity contribution in [3.05, 3.63) is 35.4 Å². The zero-order valence-corrected chi connectivity index (χ0v) is 11.5. The van der Waals surface area contributed by atoms with Crippen LogP contribution in [0, 0.1) is 0 Å². The van der Waals surface area contributed by atoms with Crippen molar-refractivity contribution in [2.75, 3.05) is 27.7 Å². The Kier molecular flexibility index (Phi) is 6.39. The molecule has 4 nitrogen and oxygen atoms in total. The van der Waals surface area contributed by atoms with Gasteiger partial charge in [0.25, 0.3) is 0 Å².